The van der Waals surface area contributed by atoms with Crippen molar-refractivity contribution in [2.24, 2.45) is 0 Å². The molecule has 1 aromatic heterocycles. The maximum absolute atomic E-state index is 12.4. The molecule has 5 heteroatoms. The molecule has 5 nitrogen and oxygen atoms in total. The summed E-state index contributed by atoms with van der Waals surface area (Å²) in [5.41, 5.74) is 2.03. The average Bonchev–Trinajstić information content (AvgIpc) is 2.90. The molecule has 2 atom stereocenters. The van der Waals surface area contributed by atoms with Crippen LogP contribution < -0.4 is 10.6 Å². The van der Waals surface area contributed by atoms with E-state index in [-0.39, 0.29) is 18.1 Å². The first-order chi connectivity index (χ1) is 10.7. The number of amides is 1. The Balaban J connectivity index is 1.75. The summed E-state index contributed by atoms with van der Waals surface area (Å²) in [7, 11) is 0. The summed E-state index contributed by atoms with van der Waals surface area (Å²) in [5, 5.41) is 7.34. The maximum atomic E-state index is 12.4. The van der Waals surface area contributed by atoms with Gasteiger partial charge in [-0.25, -0.2) is 0 Å². The lowest BCUT2D eigenvalue weighted by Crippen LogP contribution is -2.53. The zero-order chi connectivity index (χ0) is 15.5. The molecule has 1 fully saturated rings. The van der Waals surface area contributed by atoms with Gasteiger partial charge >= 0.3 is 0 Å². The number of benzene rings is 1. The van der Waals surface area contributed by atoms with Crippen molar-refractivity contribution in [2.45, 2.75) is 39.0 Å². The zero-order valence-electron chi connectivity index (χ0n) is 13.1. The number of anilines is 1. The van der Waals surface area contributed by atoms with Gasteiger partial charge in [-0.2, -0.15) is 0 Å². The van der Waals surface area contributed by atoms with Crippen LogP contribution in [0.1, 0.15) is 20.3 Å². The lowest BCUT2D eigenvalue weighted by molar-refractivity contribution is -0.123. The van der Waals surface area contributed by atoms with E-state index in [0.717, 1.165) is 24.0 Å². The summed E-state index contributed by atoms with van der Waals surface area (Å²) in [6.45, 7) is 6.46. The number of nitrogens with one attached hydrogen (secondary N) is 2. The minimum atomic E-state index is -0.297. The molecule has 0 aliphatic carbocycles. The third kappa shape index (κ3) is 3.00. The predicted octanol–water partition coefficient (Wildman–Crippen LogP) is 2.37. The molecular formula is C17H23N3O2. The van der Waals surface area contributed by atoms with E-state index in [4.69, 9.17) is 4.74 Å². The van der Waals surface area contributed by atoms with Gasteiger partial charge in [-0.3, -0.25) is 4.79 Å². The Kier molecular flexibility index (Phi) is 4.45. The zero-order valence-corrected chi connectivity index (χ0v) is 13.1. The molecule has 2 N–H and O–H groups in total. The van der Waals surface area contributed by atoms with Crippen molar-refractivity contribution in [1.29, 1.82) is 0 Å². The van der Waals surface area contributed by atoms with Crippen LogP contribution in [0.4, 0.5) is 5.69 Å². The molecule has 22 heavy (non-hydrogen) atoms. The van der Waals surface area contributed by atoms with Gasteiger partial charge in [0.05, 0.1) is 12.7 Å². The molecule has 2 heterocycles. The molecule has 2 aromatic rings. The van der Waals surface area contributed by atoms with Gasteiger partial charge in [0.2, 0.25) is 5.91 Å². The molecule has 1 saturated heterocycles. The fraction of sp³-hybridized carbons (Fsp3) is 0.471. The fourth-order valence-corrected chi connectivity index (χ4v) is 2.96. The molecule has 1 aliphatic rings. The number of ether oxygens (including phenoxy) is 1. The van der Waals surface area contributed by atoms with Crippen LogP contribution in [0.2, 0.25) is 0 Å². The Morgan fingerprint density at radius 1 is 1.45 bits per heavy atom. The highest BCUT2D eigenvalue weighted by Crippen LogP contribution is 2.21. The van der Waals surface area contributed by atoms with Gasteiger partial charge in [-0.15, -0.1) is 0 Å². The van der Waals surface area contributed by atoms with Crippen molar-refractivity contribution >= 4 is 22.5 Å². The quantitative estimate of drug-likeness (QED) is 0.911. The number of rotatable bonds is 4. The van der Waals surface area contributed by atoms with Crippen LogP contribution in [0.5, 0.6) is 0 Å². The Morgan fingerprint density at radius 2 is 2.32 bits per heavy atom. The van der Waals surface area contributed by atoms with E-state index in [9.17, 15) is 4.79 Å². The van der Waals surface area contributed by atoms with Gasteiger partial charge in [0.15, 0.2) is 0 Å². The first-order valence-electron chi connectivity index (χ1n) is 7.94. The molecule has 0 spiro atoms. The van der Waals surface area contributed by atoms with Crippen LogP contribution in [0.15, 0.2) is 30.5 Å². The summed E-state index contributed by atoms with van der Waals surface area (Å²) >= 11 is 0. The molecule has 1 aromatic carbocycles. The van der Waals surface area contributed by atoms with Crippen LogP contribution in [0.25, 0.3) is 10.9 Å². The minimum Gasteiger partial charge on any atom is -0.375 e. The largest absolute Gasteiger partial charge is 0.375 e. The number of morpholine rings is 1. The number of aryl methyl sites for hydroxylation is 1. The normalized spacial score (nSPS) is 21.9. The van der Waals surface area contributed by atoms with Crippen LogP contribution in [0, 0.1) is 0 Å². The predicted molar refractivity (Wildman–Crippen MR) is 88.1 cm³/mol. The molecular weight excluding hydrogens is 278 g/mol. The smallest absolute Gasteiger partial charge is 0.244 e. The highest BCUT2D eigenvalue weighted by Gasteiger charge is 2.28. The third-order valence-corrected chi connectivity index (χ3v) is 4.10. The number of carbonyl (C=O) groups excluding carboxylic acids is 1. The highest BCUT2D eigenvalue weighted by molar-refractivity contribution is 5.97. The average molecular weight is 301 g/mol. The van der Waals surface area contributed by atoms with Crippen molar-refractivity contribution < 1.29 is 9.53 Å². The van der Waals surface area contributed by atoms with Gasteiger partial charge < -0.3 is 19.9 Å². The van der Waals surface area contributed by atoms with Crippen molar-refractivity contribution in [1.82, 2.24) is 9.88 Å². The van der Waals surface area contributed by atoms with Crippen LogP contribution in [-0.4, -0.2) is 35.8 Å². The maximum Gasteiger partial charge on any atom is 0.244 e. The molecule has 1 amide bonds. The number of hydrogen-bond acceptors (Lipinski definition) is 3. The lowest BCUT2D eigenvalue weighted by atomic mass is 10.1. The van der Waals surface area contributed by atoms with Gasteiger partial charge in [0, 0.05) is 35.9 Å². The standard InChI is InChI=1S/C17H23N3O2/c1-3-8-20-9-6-13-11-14(4-5-15(13)20)19-17(21)16-12(2)22-10-7-18-16/h4-6,9,11-12,16,18H,3,7-8,10H2,1-2H3,(H,19,21)/t12-,16+/m1/s1. The van der Waals surface area contributed by atoms with Crippen molar-refractivity contribution in [3.8, 4) is 0 Å². The summed E-state index contributed by atoms with van der Waals surface area (Å²) in [5.74, 6) is -0.0421. The van der Waals surface area contributed by atoms with E-state index in [0.29, 0.717) is 13.2 Å². The van der Waals surface area contributed by atoms with Gasteiger partial charge in [-0.1, -0.05) is 6.92 Å². The molecule has 3 rings (SSSR count). The van der Waals surface area contributed by atoms with Crippen molar-refractivity contribution in [3.05, 3.63) is 30.5 Å². The second kappa shape index (κ2) is 6.50. The first kappa shape index (κ1) is 15.1. The summed E-state index contributed by atoms with van der Waals surface area (Å²) in [6, 6.07) is 7.84. The Morgan fingerprint density at radius 3 is 3.09 bits per heavy atom. The summed E-state index contributed by atoms with van der Waals surface area (Å²) < 4.78 is 7.76. The van der Waals surface area contributed by atoms with E-state index in [1.807, 2.05) is 19.1 Å². The van der Waals surface area contributed by atoms with E-state index in [2.05, 4.69) is 40.5 Å². The van der Waals surface area contributed by atoms with E-state index in [1.165, 1.54) is 5.52 Å². The lowest BCUT2D eigenvalue weighted by Gasteiger charge is -2.29. The molecule has 0 saturated carbocycles. The van der Waals surface area contributed by atoms with Crippen molar-refractivity contribution in [2.75, 3.05) is 18.5 Å². The third-order valence-electron chi connectivity index (χ3n) is 4.10. The van der Waals surface area contributed by atoms with Gasteiger partial charge in [0.1, 0.15) is 6.04 Å². The topological polar surface area (TPSA) is 55.3 Å². The summed E-state index contributed by atoms with van der Waals surface area (Å²) in [6.07, 6.45) is 3.09. The van der Waals surface area contributed by atoms with E-state index in [1.54, 1.807) is 0 Å². The number of carbonyl (C=O) groups is 1. The van der Waals surface area contributed by atoms with Crippen LogP contribution >= 0.6 is 0 Å². The van der Waals surface area contributed by atoms with Crippen molar-refractivity contribution in [3.63, 3.8) is 0 Å². The molecule has 118 valence electrons. The molecule has 1 aliphatic heterocycles. The van der Waals surface area contributed by atoms with Crippen LogP contribution in [0.3, 0.4) is 0 Å². The minimum absolute atomic E-state index is 0.0421. The number of nitrogens with zero attached hydrogens (tertiary/aromatic N) is 1. The number of fused-ring (bicyclic) bond motifs is 1. The fourth-order valence-electron chi connectivity index (χ4n) is 2.96. The van der Waals surface area contributed by atoms with Crippen LogP contribution in [-0.2, 0) is 16.1 Å². The monoisotopic (exact) mass is 301 g/mol. The van der Waals surface area contributed by atoms with Gasteiger partial charge in [0.25, 0.3) is 0 Å². The first-order valence-corrected chi connectivity index (χ1v) is 7.94. The SMILES string of the molecule is CCCn1ccc2cc(NC(=O)[C@H]3NCCO[C@@H]3C)ccc21. The molecule has 0 unspecified atom stereocenters. The summed E-state index contributed by atoms with van der Waals surface area (Å²) in [4.78, 5) is 12.4. The second-order valence-corrected chi connectivity index (χ2v) is 5.78. The highest BCUT2D eigenvalue weighted by atomic mass is 16.5. The number of hydrogen-bond donors (Lipinski definition) is 2. The Bertz CT molecular complexity index is 665. The second-order valence-electron chi connectivity index (χ2n) is 5.78. The van der Waals surface area contributed by atoms with E-state index < -0.39 is 0 Å². The molecule has 0 radical (unpaired) electrons. The van der Waals surface area contributed by atoms with E-state index >= 15 is 0 Å². The Hall–Kier alpha value is -1.85. The molecule has 0 bridgehead atoms. The van der Waals surface area contributed by atoms with Gasteiger partial charge in [-0.05, 0) is 37.6 Å². The Labute approximate surface area is 130 Å². The number of aromatic nitrogens is 1.